The number of benzene rings is 1. The number of rotatable bonds is 2. The lowest BCUT2D eigenvalue weighted by Crippen LogP contribution is -2.34. The Kier molecular flexibility index (Phi) is 2.98. The third-order valence-corrected chi connectivity index (χ3v) is 3.96. The summed E-state index contributed by atoms with van der Waals surface area (Å²) in [6.45, 7) is 1.73. The first-order valence-corrected chi connectivity index (χ1v) is 6.66. The molecular formula is C16H14FN3. The zero-order chi connectivity index (χ0) is 14.2. The third-order valence-electron chi connectivity index (χ3n) is 3.96. The van der Waals surface area contributed by atoms with E-state index in [0.29, 0.717) is 11.4 Å². The summed E-state index contributed by atoms with van der Waals surface area (Å²) in [4.78, 5) is 8.78. The van der Waals surface area contributed by atoms with Crippen LogP contribution < -0.4 is 0 Å². The summed E-state index contributed by atoms with van der Waals surface area (Å²) in [6, 6.07) is 9.05. The maximum atomic E-state index is 13.3. The predicted octanol–water partition coefficient (Wildman–Crippen LogP) is 3.54. The molecule has 100 valence electrons. The topological polar surface area (TPSA) is 49.6 Å². The molecule has 1 aliphatic rings. The number of aromatic nitrogens is 2. The van der Waals surface area contributed by atoms with Gasteiger partial charge in [0.2, 0.25) is 0 Å². The minimum absolute atomic E-state index is 0.226. The molecule has 1 aromatic heterocycles. The summed E-state index contributed by atoms with van der Waals surface area (Å²) in [6.07, 6.45) is 4.34. The van der Waals surface area contributed by atoms with Gasteiger partial charge in [-0.15, -0.1) is 0 Å². The second kappa shape index (κ2) is 4.68. The van der Waals surface area contributed by atoms with Crippen LogP contribution in [0.2, 0.25) is 0 Å². The number of nitriles is 1. The Labute approximate surface area is 117 Å². The molecule has 0 bridgehead atoms. The standard InChI is InChI=1S/C16H14FN3/c1-11-9-12(3-4-13(11)17)14-5-8-19-15(20-14)16(10-18)6-2-7-16/h3-5,8-9H,2,6-7H2,1H3. The molecule has 0 unspecified atom stereocenters. The van der Waals surface area contributed by atoms with Crippen LogP contribution in [0.5, 0.6) is 0 Å². The molecule has 2 aromatic rings. The van der Waals surface area contributed by atoms with Crippen molar-refractivity contribution in [3.05, 3.63) is 47.7 Å². The smallest absolute Gasteiger partial charge is 0.149 e. The van der Waals surface area contributed by atoms with E-state index in [1.54, 1.807) is 31.3 Å². The zero-order valence-electron chi connectivity index (χ0n) is 11.2. The lowest BCUT2D eigenvalue weighted by Gasteiger charge is -2.33. The van der Waals surface area contributed by atoms with E-state index in [0.717, 1.165) is 30.5 Å². The minimum Gasteiger partial charge on any atom is -0.240 e. The van der Waals surface area contributed by atoms with E-state index in [9.17, 15) is 9.65 Å². The van der Waals surface area contributed by atoms with Crippen molar-refractivity contribution < 1.29 is 4.39 Å². The highest BCUT2D eigenvalue weighted by molar-refractivity contribution is 5.60. The van der Waals surface area contributed by atoms with Gasteiger partial charge in [0, 0.05) is 11.8 Å². The molecule has 20 heavy (non-hydrogen) atoms. The minimum atomic E-state index is -0.523. The maximum Gasteiger partial charge on any atom is 0.149 e. The Morgan fingerprint density at radius 2 is 2.10 bits per heavy atom. The van der Waals surface area contributed by atoms with Crippen molar-refractivity contribution in [2.75, 3.05) is 0 Å². The van der Waals surface area contributed by atoms with Gasteiger partial charge in [0.25, 0.3) is 0 Å². The molecule has 1 fully saturated rings. The van der Waals surface area contributed by atoms with Gasteiger partial charge in [0.1, 0.15) is 17.1 Å². The van der Waals surface area contributed by atoms with Gasteiger partial charge in [-0.2, -0.15) is 5.26 Å². The first-order valence-electron chi connectivity index (χ1n) is 6.66. The highest BCUT2D eigenvalue weighted by Gasteiger charge is 2.41. The van der Waals surface area contributed by atoms with Crippen molar-refractivity contribution in [1.82, 2.24) is 9.97 Å². The molecular weight excluding hydrogens is 253 g/mol. The molecule has 0 atom stereocenters. The molecule has 1 aliphatic carbocycles. The molecule has 0 spiro atoms. The van der Waals surface area contributed by atoms with Gasteiger partial charge < -0.3 is 0 Å². The van der Waals surface area contributed by atoms with Crippen molar-refractivity contribution in [3.63, 3.8) is 0 Å². The van der Waals surface area contributed by atoms with Crippen LogP contribution in [-0.4, -0.2) is 9.97 Å². The van der Waals surface area contributed by atoms with Crippen LogP contribution in [0.25, 0.3) is 11.3 Å². The fraction of sp³-hybridized carbons (Fsp3) is 0.312. The molecule has 0 N–H and O–H groups in total. The van der Waals surface area contributed by atoms with Crippen LogP contribution in [0.15, 0.2) is 30.5 Å². The van der Waals surface area contributed by atoms with Gasteiger partial charge >= 0.3 is 0 Å². The van der Waals surface area contributed by atoms with E-state index in [4.69, 9.17) is 0 Å². The van der Waals surface area contributed by atoms with Gasteiger partial charge in [-0.1, -0.05) is 0 Å². The van der Waals surface area contributed by atoms with Crippen molar-refractivity contribution in [1.29, 1.82) is 5.26 Å². The average Bonchev–Trinajstić information content (AvgIpc) is 2.42. The van der Waals surface area contributed by atoms with E-state index in [1.807, 2.05) is 0 Å². The molecule has 0 radical (unpaired) electrons. The van der Waals surface area contributed by atoms with E-state index in [-0.39, 0.29) is 5.82 Å². The highest BCUT2D eigenvalue weighted by Crippen LogP contribution is 2.41. The summed E-state index contributed by atoms with van der Waals surface area (Å²) in [7, 11) is 0. The van der Waals surface area contributed by atoms with E-state index in [2.05, 4.69) is 16.0 Å². The normalized spacial score (nSPS) is 16.2. The molecule has 0 amide bonds. The fourth-order valence-electron chi connectivity index (χ4n) is 2.47. The number of halogens is 1. The SMILES string of the molecule is Cc1cc(-c2ccnc(C3(C#N)CCC3)n2)ccc1F. The van der Waals surface area contributed by atoms with Gasteiger partial charge in [0.15, 0.2) is 0 Å². The fourth-order valence-corrected chi connectivity index (χ4v) is 2.47. The first kappa shape index (κ1) is 12.7. The van der Waals surface area contributed by atoms with Crippen molar-refractivity contribution >= 4 is 0 Å². The number of nitrogens with zero attached hydrogens (tertiary/aromatic N) is 3. The Bertz CT molecular complexity index is 699. The average molecular weight is 267 g/mol. The molecule has 0 saturated heterocycles. The zero-order valence-corrected chi connectivity index (χ0v) is 11.2. The summed E-state index contributed by atoms with van der Waals surface area (Å²) in [5.41, 5.74) is 1.64. The Morgan fingerprint density at radius 3 is 2.70 bits per heavy atom. The molecule has 3 nitrogen and oxygen atoms in total. The molecule has 3 rings (SSSR count). The number of aryl methyl sites for hydroxylation is 1. The molecule has 4 heteroatoms. The Balaban J connectivity index is 2.03. The molecule has 0 aliphatic heterocycles. The molecule has 1 heterocycles. The van der Waals surface area contributed by atoms with Gasteiger partial charge in [-0.25, -0.2) is 14.4 Å². The second-order valence-electron chi connectivity index (χ2n) is 5.28. The van der Waals surface area contributed by atoms with Gasteiger partial charge in [0.05, 0.1) is 11.8 Å². The molecule has 1 aromatic carbocycles. The third kappa shape index (κ3) is 1.96. The maximum absolute atomic E-state index is 13.3. The van der Waals surface area contributed by atoms with E-state index < -0.39 is 5.41 Å². The van der Waals surface area contributed by atoms with Gasteiger partial charge in [-0.3, -0.25) is 0 Å². The van der Waals surface area contributed by atoms with Crippen LogP contribution in [-0.2, 0) is 5.41 Å². The van der Waals surface area contributed by atoms with Gasteiger partial charge in [-0.05, 0) is 56.0 Å². The van der Waals surface area contributed by atoms with Crippen molar-refractivity contribution in [2.45, 2.75) is 31.6 Å². The summed E-state index contributed by atoms with van der Waals surface area (Å²) >= 11 is 0. The van der Waals surface area contributed by atoms with Crippen LogP contribution >= 0.6 is 0 Å². The largest absolute Gasteiger partial charge is 0.240 e. The Hall–Kier alpha value is -2.28. The first-order chi connectivity index (χ1) is 9.64. The number of hydrogen-bond acceptors (Lipinski definition) is 3. The van der Waals surface area contributed by atoms with Crippen molar-refractivity contribution in [3.8, 4) is 17.3 Å². The van der Waals surface area contributed by atoms with Crippen LogP contribution in [0.1, 0.15) is 30.7 Å². The monoisotopic (exact) mass is 267 g/mol. The quantitative estimate of drug-likeness (QED) is 0.836. The van der Waals surface area contributed by atoms with Crippen LogP contribution in [0.4, 0.5) is 4.39 Å². The van der Waals surface area contributed by atoms with Crippen LogP contribution in [0, 0.1) is 24.1 Å². The lowest BCUT2D eigenvalue weighted by atomic mass is 9.69. The lowest BCUT2D eigenvalue weighted by molar-refractivity contribution is 0.307. The second-order valence-corrected chi connectivity index (χ2v) is 5.28. The summed E-state index contributed by atoms with van der Waals surface area (Å²) in [5.74, 6) is 0.362. The van der Waals surface area contributed by atoms with E-state index in [1.165, 1.54) is 6.07 Å². The van der Waals surface area contributed by atoms with E-state index >= 15 is 0 Å². The predicted molar refractivity (Wildman–Crippen MR) is 73.3 cm³/mol. The van der Waals surface area contributed by atoms with Crippen molar-refractivity contribution in [2.24, 2.45) is 0 Å². The summed E-state index contributed by atoms with van der Waals surface area (Å²) < 4.78 is 13.3. The molecule has 1 saturated carbocycles. The van der Waals surface area contributed by atoms with Crippen LogP contribution in [0.3, 0.4) is 0 Å². The summed E-state index contributed by atoms with van der Waals surface area (Å²) in [5, 5.41) is 9.35. The number of hydrogen-bond donors (Lipinski definition) is 0. The highest BCUT2D eigenvalue weighted by atomic mass is 19.1. The Morgan fingerprint density at radius 1 is 1.30 bits per heavy atom.